The topological polar surface area (TPSA) is 82.3 Å². The van der Waals surface area contributed by atoms with Crippen LogP contribution in [0.5, 0.6) is 6.01 Å². The first-order valence-electron chi connectivity index (χ1n) is 15.5. The van der Waals surface area contributed by atoms with Crippen LogP contribution in [-0.2, 0) is 17.8 Å². The second kappa shape index (κ2) is 13.5. The van der Waals surface area contributed by atoms with Crippen molar-refractivity contribution < 1.29 is 13.9 Å². The molecule has 2 aromatic heterocycles. The maximum atomic E-state index is 12.8. The fourth-order valence-corrected chi connectivity index (χ4v) is 6.73. The summed E-state index contributed by atoms with van der Waals surface area (Å²) in [6, 6.07) is 6.43. The summed E-state index contributed by atoms with van der Waals surface area (Å²) in [5.41, 5.74) is 2.87. The Kier molecular flexibility index (Phi) is 9.33. The first-order chi connectivity index (χ1) is 21.9. The Balaban J connectivity index is 1.32. The molecule has 1 saturated carbocycles. The quantitative estimate of drug-likeness (QED) is 0.238. The highest BCUT2D eigenvalue weighted by Crippen LogP contribution is 2.37. The molecule has 1 amide bonds. The molecule has 1 saturated heterocycles. The molecule has 0 radical (unpaired) electrons. The van der Waals surface area contributed by atoms with Gasteiger partial charge in [-0.15, -0.1) is 0 Å². The molecule has 0 spiro atoms. The summed E-state index contributed by atoms with van der Waals surface area (Å²) in [6.07, 6.45) is 9.16. The molecule has 1 aliphatic carbocycles. The highest BCUT2D eigenvalue weighted by Gasteiger charge is 2.35. The van der Waals surface area contributed by atoms with E-state index in [1.165, 1.54) is 25.0 Å². The minimum absolute atomic E-state index is 0.117. The van der Waals surface area contributed by atoms with Crippen molar-refractivity contribution in [2.45, 2.75) is 50.9 Å². The summed E-state index contributed by atoms with van der Waals surface area (Å²) in [4.78, 5) is 39.2. The van der Waals surface area contributed by atoms with E-state index in [-0.39, 0.29) is 24.6 Å². The number of hydrogen-bond acceptors (Lipinski definition) is 8. The number of benzene rings is 1. The molecule has 1 aromatic carbocycles. The van der Waals surface area contributed by atoms with Crippen molar-refractivity contribution in [1.82, 2.24) is 24.8 Å². The van der Waals surface area contributed by atoms with Gasteiger partial charge >= 0.3 is 6.01 Å². The molecule has 236 valence electrons. The summed E-state index contributed by atoms with van der Waals surface area (Å²) in [5.74, 6) is 0.508. The molecule has 2 fully saturated rings. The molecule has 45 heavy (non-hydrogen) atoms. The molecule has 0 bridgehead atoms. The van der Waals surface area contributed by atoms with Crippen LogP contribution in [0.2, 0.25) is 5.02 Å². The third-order valence-electron chi connectivity index (χ3n) is 8.81. The number of hydrogen-bond donors (Lipinski definition) is 0. The number of rotatable bonds is 10. The summed E-state index contributed by atoms with van der Waals surface area (Å²) < 4.78 is 19.1. The second-order valence-electron chi connectivity index (χ2n) is 12.1. The highest BCUT2D eigenvalue weighted by atomic mass is 35.5. The van der Waals surface area contributed by atoms with Gasteiger partial charge in [0, 0.05) is 67.4 Å². The molecule has 3 aliphatic rings. The number of nitrogens with zero attached hydrogens (tertiary/aromatic N) is 8. The van der Waals surface area contributed by atoms with Gasteiger partial charge in [0.25, 0.3) is 0 Å². The Hall–Kier alpha value is -4.01. The lowest BCUT2D eigenvalue weighted by atomic mass is 10.0. The summed E-state index contributed by atoms with van der Waals surface area (Å²) in [7, 11) is 2.12. The average molecular weight is 633 g/mol. The number of piperazine rings is 1. The lowest BCUT2D eigenvalue weighted by Gasteiger charge is -2.41. The minimum atomic E-state index is -0.706. The van der Waals surface area contributed by atoms with Crippen LogP contribution in [0.3, 0.4) is 0 Å². The number of pyridine rings is 1. The van der Waals surface area contributed by atoms with E-state index in [9.17, 15) is 9.18 Å². The van der Waals surface area contributed by atoms with Crippen molar-refractivity contribution in [2.24, 2.45) is 0 Å². The Labute approximate surface area is 268 Å². The zero-order chi connectivity index (χ0) is 31.5. The number of anilines is 2. The van der Waals surface area contributed by atoms with Crippen LogP contribution in [0.15, 0.2) is 42.7 Å². The normalized spacial score (nSPS) is 19.2. The smallest absolute Gasteiger partial charge is 0.318 e. The van der Waals surface area contributed by atoms with E-state index >= 15 is 0 Å². The van der Waals surface area contributed by atoms with Gasteiger partial charge < -0.3 is 24.3 Å². The van der Waals surface area contributed by atoms with Crippen LogP contribution in [0.25, 0.3) is 15.6 Å². The van der Waals surface area contributed by atoms with Crippen LogP contribution in [0, 0.1) is 6.57 Å². The van der Waals surface area contributed by atoms with Crippen LogP contribution < -0.4 is 14.5 Å². The van der Waals surface area contributed by atoms with Gasteiger partial charge in [0.2, 0.25) is 12.5 Å². The van der Waals surface area contributed by atoms with Crippen molar-refractivity contribution in [3.8, 4) is 6.01 Å². The fraction of sp³-hybridized carbons (Fsp3) is 0.485. The molecule has 2 aliphatic heterocycles. The number of alkyl halides is 1. The van der Waals surface area contributed by atoms with Gasteiger partial charge in [-0.3, -0.25) is 14.7 Å². The second-order valence-corrected chi connectivity index (χ2v) is 12.5. The Morgan fingerprint density at radius 1 is 1.24 bits per heavy atom. The van der Waals surface area contributed by atoms with Crippen LogP contribution in [0.1, 0.15) is 31.0 Å². The number of ether oxygens (including phenoxy) is 1. The molecule has 0 N–H and O–H groups in total. The summed E-state index contributed by atoms with van der Waals surface area (Å²) >= 11 is 6.68. The zero-order valence-corrected chi connectivity index (χ0v) is 26.5. The van der Waals surface area contributed by atoms with Gasteiger partial charge in [0.05, 0.1) is 29.1 Å². The van der Waals surface area contributed by atoms with Crippen molar-refractivity contribution in [1.29, 1.82) is 0 Å². The molecular weight excluding hydrogens is 595 g/mol. The number of fused-ring (bicyclic) bond motifs is 2. The van der Waals surface area contributed by atoms with E-state index in [4.69, 9.17) is 32.9 Å². The number of allylic oxidation sites excluding steroid dienone is 1. The largest absolute Gasteiger partial charge is 0.459 e. The van der Waals surface area contributed by atoms with Crippen molar-refractivity contribution in [3.63, 3.8) is 0 Å². The number of halogens is 2. The van der Waals surface area contributed by atoms with E-state index in [1.54, 1.807) is 4.90 Å². The lowest BCUT2D eigenvalue weighted by Crippen LogP contribution is -2.56. The van der Waals surface area contributed by atoms with Crippen LogP contribution in [-0.4, -0.2) is 102 Å². The molecule has 6 rings (SSSR count). The Morgan fingerprint density at radius 3 is 2.87 bits per heavy atom. The van der Waals surface area contributed by atoms with Gasteiger partial charge in [0.1, 0.15) is 24.6 Å². The first-order valence-corrected chi connectivity index (χ1v) is 15.9. The summed E-state index contributed by atoms with van der Waals surface area (Å²) in [6.45, 7) is 12.4. The van der Waals surface area contributed by atoms with Crippen molar-refractivity contribution in [3.05, 3.63) is 70.4 Å². The molecule has 10 nitrogen and oxygen atoms in total. The summed E-state index contributed by atoms with van der Waals surface area (Å²) in [5, 5.41) is 2.62. The monoisotopic (exact) mass is 632 g/mol. The van der Waals surface area contributed by atoms with Crippen molar-refractivity contribution >= 4 is 39.8 Å². The molecule has 2 atom stereocenters. The van der Waals surface area contributed by atoms with Gasteiger partial charge in [0.15, 0.2) is 0 Å². The third-order valence-corrected chi connectivity index (χ3v) is 9.13. The lowest BCUT2D eigenvalue weighted by molar-refractivity contribution is -0.128. The predicted octanol–water partition coefficient (Wildman–Crippen LogP) is 4.56. The molecule has 0 unspecified atom stereocenters. The minimum Gasteiger partial charge on any atom is -0.459 e. The number of carbonyl (C=O) groups is 1. The van der Waals surface area contributed by atoms with E-state index in [1.807, 2.05) is 37.5 Å². The molecular formula is C33H38ClFN8O2. The Bertz CT molecular complexity index is 1620. The number of likely N-dealkylation sites (N-methyl/N-ethyl adjacent to an activating group) is 1. The van der Waals surface area contributed by atoms with Crippen molar-refractivity contribution in [2.75, 3.05) is 62.8 Å². The standard InChI is InChI=1S/C33H38ClFN8O2/c1-22(19-40(3)24-9-10-24)45-33-38-28-21-41(29-18-37-16-23-6-4-7-27(34)31(23)29)13-11-26(28)32(39-33)42-14-15-43(25(20-42)17-36-2)30(44)8-5-12-35/h4-8,16,18,22,24-25H,9-15,17,19-21H2,1,3H3/b8-5+/t22-,25+/m1/s1. The van der Waals surface area contributed by atoms with E-state index in [2.05, 4.69) is 31.6 Å². The maximum absolute atomic E-state index is 12.8. The number of amides is 1. The number of carbonyl (C=O) groups excluding carboxylic acids is 1. The fourth-order valence-electron chi connectivity index (χ4n) is 6.45. The predicted molar refractivity (Wildman–Crippen MR) is 174 cm³/mol. The van der Waals surface area contributed by atoms with Gasteiger partial charge in [-0.05, 0) is 45.4 Å². The third kappa shape index (κ3) is 6.82. The Morgan fingerprint density at radius 2 is 2.09 bits per heavy atom. The van der Waals surface area contributed by atoms with E-state index in [0.717, 1.165) is 46.6 Å². The number of aromatic nitrogens is 3. The zero-order valence-electron chi connectivity index (χ0n) is 25.7. The van der Waals surface area contributed by atoms with Crippen LogP contribution >= 0.6 is 11.6 Å². The maximum Gasteiger partial charge on any atom is 0.318 e. The van der Waals surface area contributed by atoms with E-state index < -0.39 is 6.67 Å². The van der Waals surface area contributed by atoms with Gasteiger partial charge in [-0.2, -0.15) is 9.97 Å². The van der Waals surface area contributed by atoms with E-state index in [0.29, 0.717) is 49.7 Å². The highest BCUT2D eigenvalue weighted by molar-refractivity contribution is 6.36. The molecule has 3 aromatic rings. The van der Waals surface area contributed by atoms with Crippen LogP contribution in [0.4, 0.5) is 15.9 Å². The molecule has 4 heterocycles. The first kappa shape index (κ1) is 31.0. The molecule has 12 heteroatoms. The average Bonchev–Trinajstić information content (AvgIpc) is 3.89. The SMILES string of the molecule is [C-]#[N+]C[C@H]1CN(c2nc(O[C@H](C)CN(C)C3CC3)nc3c2CCN(c2cncc4cccc(Cl)c24)C3)CCN1C(=O)/C=C/CF. The van der Waals surface area contributed by atoms with Gasteiger partial charge in [-0.1, -0.05) is 23.7 Å². The van der Waals surface area contributed by atoms with Gasteiger partial charge in [-0.25, -0.2) is 11.0 Å².